The van der Waals surface area contributed by atoms with E-state index in [0.717, 1.165) is 12.8 Å². The molecule has 0 aromatic carbocycles. The van der Waals surface area contributed by atoms with Crippen molar-refractivity contribution in [2.24, 2.45) is 5.73 Å². The number of methoxy groups -OCH3 is 1. The highest BCUT2D eigenvalue weighted by Gasteiger charge is 2.39. The number of aliphatic hydroxyl groups excluding tert-OH is 1. The van der Waals surface area contributed by atoms with Crippen molar-refractivity contribution in [1.82, 2.24) is 4.90 Å². The van der Waals surface area contributed by atoms with Gasteiger partial charge in [0, 0.05) is 6.54 Å². The summed E-state index contributed by atoms with van der Waals surface area (Å²) in [6.07, 6.45) is 0.587. The molecular weight excluding hydrogens is 276 g/mol. The molecule has 0 unspecified atom stereocenters. The van der Waals surface area contributed by atoms with Gasteiger partial charge >= 0.3 is 12.1 Å². The van der Waals surface area contributed by atoms with Gasteiger partial charge in [0.2, 0.25) is 0 Å². The van der Waals surface area contributed by atoms with Gasteiger partial charge in [0.15, 0.2) is 0 Å². The summed E-state index contributed by atoms with van der Waals surface area (Å²) in [4.78, 5) is 25.1. The minimum Gasteiger partial charge on any atom is -0.468 e. The van der Waals surface area contributed by atoms with Crippen LogP contribution in [0.15, 0.2) is 0 Å². The van der Waals surface area contributed by atoms with Crippen LogP contribution in [0.3, 0.4) is 0 Å². The van der Waals surface area contributed by atoms with Crippen molar-refractivity contribution in [1.29, 1.82) is 0 Å². The van der Waals surface area contributed by atoms with Crippen molar-refractivity contribution < 1.29 is 24.2 Å². The Morgan fingerprint density at radius 2 is 1.95 bits per heavy atom. The number of nitrogens with zero attached hydrogens (tertiary/aromatic N) is 1. The molecule has 1 aliphatic heterocycles. The topological polar surface area (TPSA) is 102 Å². The quantitative estimate of drug-likeness (QED) is 0.742. The van der Waals surface area contributed by atoms with Crippen LogP contribution in [0.25, 0.3) is 0 Å². The number of ether oxygens (including phenoxy) is 2. The van der Waals surface area contributed by atoms with E-state index >= 15 is 0 Å². The van der Waals surface area contributed by atoms with Gasteiger partial charge in [0.25, 0.3) is 0 Å². The van der Waals surface area contributed by atoms with Gasteiger partial charge in [-0.3, -0.25) is 4.79 Å². The number of carbonyl (C=O) groups excluding carboxylic acids is 2. The Bertz CT molecular complexity index is 380. The van der Waals surface area contributed by atoms with Gasteiger partial charge in [0.05, 0.1) is 13.2 Å². The second kappa shape index (κ2) is 7.09. The summed E-state index contributed by atoms with van der Waals surface area (Å²) >= 11 is 0. The average Bonchev–Trinajstić information content (AvgIpc) is 2.43. The van der Waals surface area contributed by atoms with Crippen LogP contribution < -0.4 is 5.73 Å². The molecule has 1 fully saturated rings. The summed E-state index contributed by atoms with van der Waals surface area (Å²) < 4.78 is 9.88. The Kier molecular flexibility index (Phi) is 5.98. The summed E-state index contributed by atoms with van der Waals surface area (Å²) in [6.45, 7) is 5.81. The van der Waals surface area contributed by atoms with E-state index in [1.165, 1.54) is 12.0 Å². The fraction of sp³-hybridized carbons (Fsp3) is 0.857. The Morgan fingerprint density at radius 1 is 1.33 bits per heavy atom. The zero-order valence-corrected chi connectivity index (χ0v) is 13.2. The minimum atomic E-state index is -1.18. The maximum absolute atomic E-state index is 12.2. The Morgan fingerprint density at radius 3 is 2.48 bits per heavy atom. The van der Waals surface area contributed by atoms with Crippen LogP contribution in [0, 0.1) is 0 Å². The largest absolute Gasteiger partial charge is 0.468 e. The molecule has 1 heterocycles. The van der Waals surface area contributed by atoms with E-state index in [-0.39, 0.29) is 0 Å². The highest BCUT2D eigenvalue weighted by molar-refractivity contribution is 5.76. The number of carbonyl (C=O) groups is 2. The van der Waals surface area contributed by atoms with Crippen molar-refractivity contribution in [2.45, 2.75) is 63.8 Å². The van der Waals surface area contributed by atoms with Crippen LogP contribution in [0.4, 0.5) is 4.79 Å². The molecule has 1 saturated heterocycles. The Hall–Kier alpha value is -1.34. The number of hydrogen-bond acceptors (Lipinski definition) is 6. The third kappa shape index (κ3) is 4.86. The molecule has 1 amide bonds. The van der Waals surface area contributed by atoms with Gasteiger partial charge in [-0.15, -0.1) is 0 Å². The molecule has 122 valence electrons. The van der Waals surface area contributed by atoms with E-state index in [4.69, 9.17) is 10.5 Å². The molecule has 0 bridgehead atoms. The summed E-state index contributed by atoms with van der Waals surface area (Å²) in [5, 5.41) is 10.3. The Balaban J connectivity index is 2.81. The molecule has 0 radical (unpaired) electrons. The normalized spacial score (nSPS) is 22.4. The predicted octanol–water partition coefficient (Wildman–Crippen LogP) is 0.637. The maximum Gasteiger partial charge on any atom is 0.410 e. The molecule has 21 heavy (non-hydrogen) atoms. The molecule has 7 heteroatoms. The third-order valence-corrected chi connectivity index (χ3v) is 3.41. The van der Waals surface area contributed by atoms with Crippen LogP contribution >= 0.6 is 0 Å². The van der Waals surface area contributed by atoms with Gasteiger partial charge in [-0.2, -0.15) is 0 Å². The molecule has 0 aliphatic carbocycles. The number of hydrogen-bond donors (Lipinski definition) is 2. The lowest BCUT2D eigenvalue weighted by Gasteiger charge is -2.40. The second-order valence-electron chi connectivity index (χ2n) is 6.28. The SMILES string of the molecule is COC(=O)[C@@H](N)[C@@H](O)[C@@H]1CCCCN1C(=O)OC(C)(C)C. The molecule has 7 nitrogen and oxygen atoms in total. The fourth-order valence-electron chi connectivity index (χ4n) is 2.37. The number of rotatable bonds is 3. The second-order valence-corrected chi connectivity index (χ2v) is 6.28. The third-order valence-electron chi connectivity index (χ3n) is 3.41. The highest BCUT2D eigenvalue weighted by atomic mass is 16.6. The Labute approximate surface area is 125 Å². The molecule has 0 spiro atoms. The van der Waals surface area contributed by atoms with Crippen LogP contribution in [0.2, 0.25) is 0 Å². The van der Waals surface area contributed by atoms with E-state index in [1.807, 2.05) is 0 Å². The smallest absolute Gasteiger partial charge is 0.410 e. The van der Waals surface area contributed by atoms with Crippen molar-refractivity contribution >= 4 is 12.1 Å². The number of aliphatic hydroxyl groups is 1. The van der Waals surface area contributed by atoms with Gasteiger partial charge in [-0.05, 0) is 40.0 Å². The molecule has 1 rings (SSSR count). The van der Waals surface area contributed by atoms with Crippen LogP contribution in [-0.4, -0.2) is 59.5 Å². The monoisotopic (exact) mass is 302 g/mol. The number of esters is 1. The highest BCUT2D eigenvalue weighted by Crippen LogP contribution is 2.23. The van der Waals surface area contributed by atoms with Crippen LogP contribution in [0.1, 0.15) is 40.0 Å². The summed E-state index contributed by atoms with van der Waals surface area (Å²) in [5.74, 6) is -0.697. The van der Waals surface area contributed by atoms with Gasteiger partial charge in [0.1, 0.15) is 17.7 Å². The first-order valence-corrected chi connectivity index (χ1v) is 7.18. The molecule has 0 aromatic heterocycles. The minimum absolute atomic E-state index is 0.477. The molecule has 0 aromatic rings. The predicted molar refractivity (Wildman–Crippen MR) is 76.6 cm³/mol. The lowest BCUT2D eigenvalue weighted by atomic mass is 9.93. The maximum atomic E-state index is 12.2. The van der Waals surface area contributed by atoms with Crippen molar-refractivity contribution in [3.63, 3.8) is 0 Å². The molecular formula is C14H26N2O5. The zero-order valence-electron chi connectivity index (χ0n) is 13.2. The average molecular weight is 302 g/mol. The van der Waals surface area contributed by atoms with E-state index < -0.39 is 35.9 Å². The summed E-state index contributed by atoms with van der Waals surface area (Å²) in [7, 11) is 1.21. The number of likely N-dealkylation sites (tertiary alicyclic amines) is 1. The van der Waals surface area contributed by atoms with E-state index in [2.05, 4.69) is 4.74 Å². The molecule has 3 N–H and O–H groups in total. The number of piperidine rings is 1. The summed E-state index contributed by atoms with van der Waals surface area (Å²) in [5.41, 5.74) is 5.07. The molecule has 3 atom stereocenters. The molecule has 1 aliphatic rings. The van der Waals surface area contributed by atoms with Gasteiger partial charge < -0.3 is 25.2 Å². The number of nitrogens with two attached hydrogens (primary N) is 1. The van der Waals surface area contributed by atoms with Gasteiger partial charge in [-0.1, -0.05) is 0 Å². The number of amides is 1. The van der Waals surface area contributed by atoms with Crippen LogP contribution in [-0.2, 0) is 14.3 Å². The van der Waals surface area contributed by atoms with Crippen molar-refractivity contribution in [3.8, 4) is 0 Å². The van der Waals surface area contributed by atoms with Crippen LogP contribution in [0.5, 0.6) is 0 Å². The van der Waals surface area contributed by atoms with E-state index in [1.54, 1.807) is 20.8 Å². The summed E-state index contributed by atoms with van der Waals surface area (Å²) in [6, 6.07) is -1.72. The van der Waals surface area contributed by atoms with Crippen molar-refractivity contribution in [3.05, 3.63) is 0 Å². The first-order chi connectivity index (χ1) is 9.67. The van der Waals surface area contributed by atoms with E-state index in [0.29, 0.717) is 13.0 Å². The van der Waals surface area contributed by atoms with Gasteiger partial charge in [-0.25, -0.2) is 4.79 Å². The fourth-order valence-corrected chi connectivity index (χ4v) is 2.37. The van der Waals surface area contributed by atoms with E-state index in [9.17, 15) is 14.7 Å². The zero-order chi connectivity index (χ0) is 16.2. The molecule has 0 saturated carbocycles. The standard InChI is InChI=1S/C14H26N2O5/c1-14(2,3)21-13(19)16-8-6-5-7-9(16)11(17)10(15)12(18)20-4/h9-11,17H,5-8,15H2,1-4H3/t9-,10-,11-/m0/s1. The van der Waals surface area contributed by atoms with Crippen molar-refractivity contribution in [2.75, 3.05) is 13.7 Å². The lowest BCUT2D eigenvalue weighted by molar-refractivity contribution is -0.146. The first-order valence-electron chi connectivity index (χ1n) is 7.18. The lowest BCUT2D eigenvalue weighted by Crippen LogP contribution is -2.58. The first kappa shape index (κ1) is 17.7.